The normalized spacial score (nSPS) is 13.8. The van der Waals surface area contributed by atoms with Crippen LogP contribution >= 0.6 is 0 Å². The van der Waals surface area contributed by atoms with Crippen molar-refractivity contribution in [3.05, 3.63) is 95.2 Å². The molecule has 172 valence electrons. The Hall–Kier alpha value is -3.93. The number of carbonyl (C=O) groups is 1. The average Bonchev–Trinajstić information content (AvgIpc) is 2.88. The fraction of sp³-hybridized carbons (Fsp3) is 0.250. The summed E-state index contributed by atoms with van der Waals surface area (Å²) in [7, 11) is 0. The van der Waals surface area contributed by atoms with E-state index < -0.39 is 5.97 Å². The van der Waals surface area contributed by atoms with E-state index in [0.29, 0.717) is 11.3 Å². The molecule has 0 bridgehead atoms. The van der Waals surface area contributed by atoms with Crippen LogP contribution in [0.5, 0.6) is 0 Å². The maximum Gasteiger partial charge on any atom is 0.361 e. The first-order valence-electron chi connectivity index (χ1n) is 11.6. The third-order valence-electron chi connectivity index (χ3n) is 6.24. The molecule has 0 atom stereocenters. The maximum absolute atomic E-state index is 13.1. The minimum Gasteiger partial charge on any atom is -0.456 e. The molecule has 0 unspecified atom stereocenters. The summed E-state index contributed by atoms with van der Waals surface area (Å²) in [6.45, 7) is 7.66. The third-order valence-corrected chi connectivity index (χ3v) is 6.24. The number of hydrogen-bond donors (Lipinski definition) is 0. The minimum atomic E-state index is -0.450. The first kappa shape index (κ1) is 21.9. The molecule has 1 aliphatic heterocycles. The van der Waals surface area contributed by atoms with Crippen molar-refractivity contribution in [1.82, 2.24) is 9.97 Å². The molecule has 0 amide bonds. The van der Waals surface area contributed by atoms with Gasteiger partial charge in [0.2, 0.25) is 0 Å². The molecule has 3 aromatic carbocycles. The van der Waals surface area contributed by atoms with Gasteiger partial charge in [-0.05, 0) is 48.7 Å². The molecule has 1 saturated heterocycles. The summed E-state index contributed by atoms with van der Waals surface area (Å²) in [5.74, 6) is 0.145. The van der Waals surface area contributed by atoms with Crippen LogP contribution in [0, 0.1) is 13.8 Å². The Kier molecular flexibility index (Phi) is 6.12. The van der Waals surface area contributed by atoms with Crippen LogP contribution in [0.3, 0.4) is 0 Å². The Morgan fingerprint density at radius 1 is 0.824 bits per heavy atom. The monoisotopic (exact) mass is 452 g/mol. The number of nitrogens with zero attached hydrogens (tertiary/aromatic N) is 4. The number of aromatic nitrogens is 2. The Bertz CT molecular complexity index is 1310. The SMILES string of the molecule is Cc1ccc(C)c(N2CCN(c3nc4ccccc4nc3C(=O)OCc3ccccc3)CC2)c1. The van der Waals surface area contributed by atoms with Crippen molar-refractivity contribution >= 4 is 28.5 Å². The van der Waals surface area contributed by atoms with E-state index in [2.05, 4.69) is 46.8 Å². The summed E-state index contributed by atoms with van der Waals surface area (Å²) in [6.07, 6.45) is 0. The minimum absolute atomic E-state index is 0.202. The van der Waals surface area contributed by atoms with Gasteiger partial charge in [-0.15, -0.1) is 0 Å². The average molecular weight is 453 g/mol. The summed E-state index contributed by atoms with van der Waals surface area (Å²) >= 11 is 0. The van der Waals surface area contributed by atoms with Gasteiger partial charge in [-0.2, -0.15) is 0 Å². The number of rotatable bonds is 5. The van der Waals surface area contributed by atoms with Crippen LogP contribution in [0.15, 0.2) is 72.8 Å². The number of piperazine rings is 1. The van der Waals surface area contributed by atoms with Crippen molar-refractivity contribution in [2.45, 2.75) is 20.5 Å². The molecular weight excluding hydrogens is 424 g/mol. The van der Waals surface area contributed by atoms with E-state index in [9.17, 15) is 4.79 Å². The number of benzene rings is 3. The molecule has 34 heavy (non-hydrogen) atoms. The van der Waals surface area contributed by atoms with E-state index in [-0.39, 0.29) is 12.3 Å². The lowest BCUT2D eigenvalue weighted by Crippen LogP contribution is -2.47. The van der Waals surface area contributed by atoms with Crippen LogP contribution in [-0.4, -0.2) is 42.1 Å². The van der Waals surface area contributed by atoms with Gasteiger partial charge in [-0.1, -0.05) is 54.6 Å². The van der Waals surface area contributed by atoms with Crippen molar-refractivity contribution < 1.29 is 9.53 Å². The highest BCUT2D eigenvalue weighted by molar-refractivity contribution is 5.95. The first-order chi connectivity index (χ1) is 16.6. The lowest BCUT2D eigenvalue weighted by Gasteiger charge is -2.37. The molecule has 0 aliphatic carbocycles. The van der Waals surface area contributed by atoms with Crippen molar-refractivity contribution in [1.29, 1.82) is 0 Å². The summed E-state index contributed by atoms with van der Waals surface area (Å²) in [6, 6.07) is 23.9. The van der Waals surface area contributed by atoms with Crippen LogP contribution in [0.2, 0.25) is 0 Å². The standard InChI is InChI=1S/C28H28N4O2/c1-20-12-13-21(2)25(18-20)31-14-16-32(17-15-31)27-26(29-23-10-6-7-11-24(23)30-27)28(33)34-19-22-8-4-3-5-9-22/h3-13,18H,14-17,19H2,1-2H3. The highest BCUT2D eigenvalue weighted by atomic mass is 16.5. The van der Waals surface area contributed by atoms with Crippen LogP contribution < -0.4 is 9.80 Å². The Labute approximate surface area is 199 Å². The van der Waals surface area contributed by atoms with Crippen LogP contribution in [0.1, 0.15) is 27.2 Å². The predicted octanol–water partition coefficient (Wildman–Crippen LogP) is 4.93. The van der Waals surface area contributed by atoms with Crippen LogP contribution in [0.4, 0.5) is 11.5 Å². The van der Waals surface area contributed by atoms with Gasteiger partial charge >= 0.3 is 5.97 Å². The largest absolute Gasteiger partial charge is 0.456 e. The van der Waals surface area contributed by atoms with E-state index >= 15 is 0 Å². The van der Waals surface area contributed by atoms with Crippen molar-refractivity contribution in [2.24, 2.45) is 0 Å². The summed E-state index contributed by atoms with van der Waals surface area (Å²) in [5.41, 5.74) is 6.47. The fourth-order valence-electron chi connectivity index (χ4n) is 4.36. The van der Waals surface area contributed by atoms with Gasteiger partial charge in [0.25, 0.3) is 0 Å². The Balaban J connectivity index is 1.40. The van der Waals surface area contributed by atoms with Crippen molar-refractivity contribution in [2.75, 3.05) is 36.0 Å². The predicted molar refractivity (Wildman–Crippen MR) is 135 cm³/mol. The van der Waals surface area contributed by atoms with Gasteiger partial charge in [0.1, 0.15) is 6.61 Å². The molecule has 2 heterocycles. The lowest BCUT2D eigenvalue weighted by atomic mass is 10.1. The fourth-order valence-corrected chi connectivity index (χ4v) is 4.36. The van der Waals surface area contributed by atoms with E-state index in [1.807, 2.05) is 54.6 Å². The molecule has 6 heteroatoms. The van der Waals surface area contributed by atoms with Gasteiger partial charge in [0.15, 0.2) is 11.5 Å². The molecule has 5 rings (SSSR count). The molecule has 0 saturated carbocycles. The van der Waals surface area contributed by atoms with E-state index in [4.69, 9.17) is 9.72 Å². The number of carbonyl (C=O) groups excluding carboxylic acids is 1. The number of fused-ring (bicyclic) bond motifs is 1. The zero-order valence-corrected chi connectivity index (χ0v) is 19.6. The molecule has 1 aromatic heterocycles. The van der Waals surface area contributed by atoms with E-state index in [1.54, 1.807) is 0 Å². The summed E-state index contributed by atoms with van der Waals surface area (Å²) in [5, 5.41) is 0. The van der Waals surface area contributed by atoms with Gasteiger partial charge < -0.3 is 14.5 Å². The first-order valence-corrected chi connectivity index (χ1v) is 11.6. The zero-order valence-electron chi connectivity index (χ0n) is 19.6. The smallest absolute Gasteiger partial charge is 0.361 e. The van der Waals surface area contributed by atoms with Gasteiger partial charge in [-0.3, -0.25) is 0 Å². The van der Waals surface area contributed by atoms with E-state index in [1.165, 1.54) is 16.8 Å². The second kappa shape index (κ2) is 9.51. The Morgan fingerprint density at radius 2 is 1.47 bits per heavy atom. The second-order valence-electron chi connectivity index (χ2n) is 8.71. The number of ether oxygens (including phenoxy) is 1. The number of esters is 1. The Morgan fingerprint density at radius 3 is 2.21 bits per heavy atom. The topological polar surface area (TPSA) is 58.6 Å². The van der Waals surface area contributed by atoms with Crippen molar-refractivity contribution in [3.8, 4) is 0 Å². The third kappa shape index (κ3) is 4.57. The quantitative estimate of drug-likeness (QED) is 0.400. The van der Waals surface area contributed by atoms with Gasteiger partial charge in [0, 0.05) is 31.9 Å². The number of anilines is 2. The van der Waals surface area contributed by atoms with E-state index in [0.717, 1.165) is 37.3 Å². The van der Waals surface area contributed by atoms with Crippen LogP contribution in [-0.2, 0) is 11.3 Å². The van der Waals surface area contributed by atoms with Crippen molar-refractivity contribution in [3.63, 3.8) is 0 Å². The highest BCUT2D eigenvalue weighted by Crippen LogP contribution is 2.27. The molecule has 4 aromatic rings. The number of hydrogen-bond acceptors (Lipinski definition) is 6. The lowest BCUT2D eigenvalue weighted by molar-refractivity contribution is 0.0466. The summed E-state index contributed by atoms with van der Waals surface area (Å²) < 4.78 is 5.64. The molecule has 0 N–H and O–H groups in total. The molecule has 0 radical (unpaired) electrons. The van der Waals surface area contributed by atoms with Gasteiger partial charge in [0.05, 0.1) is 11.0 Å². The maximum atomic E-state index is 13.1. The zero-order chi connectivity index (χ0) is 23.5. The molecule has 1 fully saturated rings. The molecular formula is C28H28N4O2. The van der Waals surface area contributed by atoms with Gasteiger partial charge in [-0.25, -0.2) is 14.8 Å². The summed E-state index contributed by atoms with van der Waals surface area (Å²) in [4.78, 5) is 27.2. The number of para-hydroxylation sites is 2. The molecule has 0 spiro atoms. The number of aryl methyl sites for hydroxylation is 2. The molecule has 1 aliphatic rings. The highest BCUT2D eigenvalue weighted by Gasteiger charge is 2.26. The molecule has 6 nitrogen and oxygen atoms in total. The second-order valence-corrected chi connectivity index (χ2v) is 8.71. The van der Waals surface area contributed by atoms with Crippen LogP contribution in [0.25, 0.3) is 11.0 Å².